The maximum Gasteiger partial charge on any atom is 0.338 e. The number of benzene rings is 2. The van der Waals surface area contributed by atoms with Crippen LogP contribution < -0.4 is 4.90 Å². The van der Waals surface area contributed by atoms with E-state index in [-0.39, 0.29) is 5.97 Å². The molecular weight excluding hydrogens is 510 g/mol. The highest BCUT2D eigenvalue weighted by atomic mass is 32.1. The van der Waals surface area contributed by atoms with Crippen LogP contribution in [0, 0.1) is 11.8 Å². The Labute approximate surface area is 230 Å². The van der Waals surface area contributed by atoms with E-state index in [1.54, 1.807) is 23.5 Å². The average Bonchev–Trinajstić information content (AvgIpc) is 3.55. The molecule has 196 valence electrons. The Balaban J connectivity index is 1.39. The van der Waals surface area contributed by atoms with Gasteiger partial charge in [-0.05, 0) is 56.9 Å². The van der Waals surface area contributed by atoms with Crippen LogP contribution in [0.15, 0.2) is 60.9 Å². The number of imidazole rings is 1. The van der Waals surface area contributed by atoms with Gasteiger partial charge in [0.05, 0.1) is 40.9 Å². The minimum Gasteiger partial charge on any atom is -0.456 e. The first-order valence-electron chi connectivity index (χ1n) is 12.8. The lowest BCUT2D eigenvalue weighted by molar-refractivity contribution is 0.00695. The lowest BCUT2D eigenvalue weighted by Gasteiger charge is -2.28. The van der Waals surface area contributed by atoms with Crippen molar-refractivity contribution in [2.75, 3.05) is 31.2 Å². The Morgan fingerprint density at radius 3 is 2.54 bits per heavy atom. The second-order valence-corrected chi connectivity index (χ2v) is 11.2. The normalized spacial score (nSPS) is 13.9. The molecule has 0 bridgehead atoms. The number of aromatic nitrogens is 4. The SMILES string of the molecule is CC(C)(C)OC(=O)c1ccc(-c2cnc(N3CCOCC3)c3nc(C#Cc4nc5ccccc5s4)cn23)cc1. The Morgan fingerprint density at radius 1 is 1.03 bits per heavy atom. The van der Waals surface area contributed by atoms with Crippen molar-refractivity contribution < 1.29 is 14.3 Å². The van der Waals surface area contributed by atoms with Crippen LogP contribution in [0.25, 0.3) is 27.1 Å². The highest BCUT2D eigenvalue weighted by molar-refractivity contribution is 7.19. The van der Waals surface area contributed by atoms with Gasteiger partial charge in [-0.15, -0.1) is 11.3 Å². The summed E-state index contributed by atoms with van der Waals surface area (Å²) in [6.45, 7) is 8.34. The molecule has 0 aliphatic carbocycles. The van der Waals surface area contributed by atoms with Gasteiger partial charge >= 0.3 is 5.97 Å². The van der Waals surface area contributed by atoms with E-state index in [0.717, 1.165) is 51.0 Å². The van der Waals surface area contributed by atoms with Crippen molar-refractivity contribution in [2.24, 2.45) is 0 Å². The molecule has 2 aromatic carbocycles. The summed E-state index contributed by atoms with van der Waals surface area (Å²) in [7, 11) is 0. The first-order valence-corrected chi connectivity index (χ1v) is 13.6. The fourth-order valence-electron chi connectivity index (χ4n) is 4.39. The summed E-state index contributed by atoms with van der Waals surface area (Å²) in [5, 5.41) is 0.748. The summed E-state index contributed by atoms with van der Waals surface area (Å²) < 4.78 is 14.2. The molecule has 0 amide bonds. The number of thiazole rings is 1. The molecule has 1 fully saturated rings. The van der Waals surface area contributed by atoms with Crippen molar-refractivity contribution in [3.05, 3.63) is 77.2 Å². The third-order valence-corrected chi connectivity index (χ3v) is 7.14. The molecule has 1 aliphatic rings. The summed E-state index contributed by atoms with van der Waals surface area (Å²) in [6, 6.07) is 15.4. The smallest absolute Gasteiger partial charge is 0.338 e. The highest BCUT2D eigenvalue weighted by Gasteiger charge is 2.21. The standard InChI is InChI=1S/C30H27N5O3S/c1-30(2,3)38-29(36)21-10-8-20(9-11-21)24-18-31-27(34-14-16-37-17-15-34)28-32-22(19-35(24)28)12-13-26-33-23-6-4-5-7-25(23)39-26/h4-11,18-19H,14-17H2,1-3H3. The third-order valence-electron chi connectivity index (χ3n) is 6.19. The van der Waals surface area contributed by atoms with Gasteiger partial charge in [0.1, 0.15) is 11.3 Å². The van der Waals surface area contributed by atoms with Gasteiger partial charge in [0.25, 0.3) is 0 Å². The van der Waals surface area contributed by atoms with E-state index in [2.05, 4.69) is 21.7 Å². The molecule has 0 atom stereocenters. The number of carbonyl (C=O) groups is 1. The average molecular weight is 538 g/mol. The van der Waals surface area contributed by atoms with Crippen molar-refractivity contribution in [1.29, 1.82) is 0 Å². The van der Waals surface area contributed by atoms with Crippen LogP contribution >= 0.6 is 11.3 Å². The predicted molar refractivity (Wildman–Crippen MR) is 152 cm³/mol. The number of fused-ring (bicyclic) bond motifs is 2. The van der Waals surface area contributed by atoms with Crippen LogP contribution in [0.4, 0.5) is 5.82 Å². The number of ether oxygens (including phenoxy) is 2. The summed E-state index contributed by atoms with van der Waals surface area (Å²) in [5.74, 6) is 6.82. The molecule has 4 heterocycles. The molecule has 39 heavy (non-hydrogen) atoms. The Kier molecular flexibility index (Phi) is 6.51. The minimum absolute atomic E-state index is 0.352. The number of para-hydroxylation sites is 1. The zero-order valence-electron chi connectivity index (χ0n) is 22.0. The summed E-state index contributed by atoms with van der Waals surface area (Å²) in [5.41, 5.74) is 3.98. The van der Waals surface area contributed by atoms with Gasteiger partial charge in [0, 0.05) is 24.8 Å². The van der Waals surface area contributed by atoms with E-state index in [4.69, 9.17) is 19.4 Å². The fourth-order valence-corrected chi connectivity index (χ4v) is 5.21. The predicted octanol–water partition coefficient (Wildman–Crippen LogP) is 5.20. The van der Waals surface area contributed by atoms with Crippen LogP contribution in [-0.2, 0) is 9.47 Å². The van der Waals surface area contributed by atoms with Crippen molar-refractivity contribution in [3.8, 4) is 23.1 Å². The second kappa shape index (κ2) is 10.1. The Bertz CT molecular complexity index is 1700. The lowest BCUT2D eigenvalue weighted by atomic mass is 10.1. The van der Waals surface area contributed by atoms with Gasteiger partial charge in [-0.3, -0.25) is 4.40 Å². The zero-order chi connectivity index (χ0) is 27.0. The van der Waals surface area contributed by atoms with Crippen LogP contribution in [0.2, 0.25) is 0 Å². The number of morpholine rings is 1. The number of carbonyl (C=O) groups excluding carboxylic acids is 1. The summed E-state index contributed by atoms with van der Waals surface area (Å²) in [6.07, 6.45) is 3.77. The van der Waals surface area contributed by atoms with Crippen molar-refractivity contribution in [1.82, 2.24) is 19.4 Å². The van der Waals surface area contributed by atoms with Crippen molar-refractivity contribution in [2.45, 2.75) is 26.4 Å². The number of esters is 1. The highest BCUT2D eigenvalue weighted by Crippen LogP contribution is 2.28. The molecule has 0 unspecified atom stereocenters. The first kappa shape index (κ1) is 25.0. The monoisotopic (exact) mass is 537 g/mol. The molecule has 9 heteroatoms. The first-order chi connectivity index (χ1) is 18.8. The number of rotatable bonds is 3. The van der Waals surface area contributed by atoms with E-state index in [9.17, 15) is 4.79 Å². The molecular formula is C30H27N5O3S. The van der Waals surface area contributed by atoms with Gasteiger partial charge in [0.2, 0.25) is 0 Å². The molecule has 1 aliphatic heterocycles. The van der Waals surface area contributed by atoms with Gasteiger partial charge in [-0.2, -0.15) is 0 Å². The van der Waals surface area contributed by atoms with E-state index in [1.807, 2.05) is 74.0 Å². The van der Waals surface area contributed by atoms with E-state index >= 15 is 0 Å². The third kappa shape index (κ3) is 5.35. The largest absolute Gasteiger partial charge is 0.456 e. The van der Waals surface area contributed by atoms with Crippen LogP contribution in [-0.4, -0.2) is 57.2 Å². The molecule has 1 saturated heterocycles. The number of hydrogen-bond acceptors (Lipinski definition) is 8. The number of nitrogens with zero attached hydrogens (tertiary/aromatic N) is 5. The molecule has 6 rings (SSSR count). The zero-order valence-corrected chi connectivity index (χ0v) is 22.8. The summed E-state index contributed by atoms with van der Waals surface area (Å²) in [4.78, 5) is 29.0. The van der Waals surface area contributed by atoms with Crippen LogP contribution in [0.3, 0.4) is 0 Å². The number of hydrogen-bond donors (Lipinski definition) is 0. The molecule has 5 aromatic rings. The fraction of sp³-hybridized carbons (Fsp3) is 0.267. The Morgan fingerprint density at radius 2 is 1.79 bits per heavy atom. The topological polar surface area (TPSA) is 81.8 Å². The molecule has 0 radical (unpaired) electrons. The lowest BCUT2D eigenvalue weighted by Crippen LogP contribution is -2.37. The van der Waals surface area contributed by atoms with Crippen molar-refractivity contribution in [3.63, 3.8) is 0 Å². The van der Waals surface area contributed by atoms with Gasteiger partial charge in [-0.25, -0.2) is 19.7 Å². The van der Waals surface area contributed by atoms with Gasteiger partial charge in [0.15, 0.2) is 16.5 Å². The maximum absolute atomic E-state index is 12.5. The molecule has 0 N–H and O–H groups in total. The Hall–Kier alpha value is -4.26. The van der Waals surface area contributed by atoms with E-state index in [1.165, 1.54) is 0 Å². The maximum atomic E-state index is 12.5. The molecule has 3 aromatic heterocycles. The van der Waals surface area contributed by atoms with E-state index in [0.29, 0.717) is 24.5 Å². The number of anilines is 1. The quantitative estimate of drug-likeness (QED) is 0.231. The molecule has 0 saturated carbocycles. The van der Waals surface area contributed by atoms with Gasteiger partial charge in [-0.1, -0.05) is 24.3 Å². The summed E-state index contributed by atoms with van der Waals surface area (Å²) >= 11 is 1.56. The molecule has 0 spiro atoms. The molecule has 8 nitrogen and oxygen atoms in total. The van der Waals surface area contributed by atoms with E-state index < -0.39 is 5.60 Å². The second-order valence-electron chi connectivity index (χ2n) is 10.2. The van der Waals surface area contributed by atoms with Crippen LogP contribution in [0.1, 0.15) is 41.8 Å². The van der Waals surface area contributed by atoms with Gasteiger partial charge < -0.3 is 14.4 Å². The van der Waals surface area contributed by atoms with Crippen LogP contribution in [0.5, 0.6) is 0 Å². The van der Waals surface area contributed by atoms with Crippen molar-refractivity contribution >= 4 is 39.0 Å². The minimum atomic E-state index is -0.555.